The molecule has 5 rings (SSSR count). The lowest BCUT2D eigenvalue weighted by molar-refractivity contribution is -0.152. The quantitative estimate of drug-likeness (QED) is 0.860. The summed E-state index contributed by atoms with van der Waals surface area (Å²) in [5.74, 6) is 1.96. The van der Waals surface area contributed by atoms with E-state index in [1.54, 1.807) is 38.1 Å². The molecule has 25 heavy (non-hydrogen) atoms. The molecular formula is C20H26ClNO3. The Morgan fingerprint density at radius 2 is 1.80 bits per heavy atom. The first-order valence-corrected chi connectivity index (χ1v) is 9.60. The normalized spacial score (nSPS) is 36.3. The van der Waals surface area contributed by atoms with Crippen molar-refractivity contribution in [3.8, 4) is 5.75 Å². The van der Waals surface area contributed by atoms with Crippen molar-refractivity contribution in [3.63, 3.8) is 0 Å². The predicted molar refractivity (Wildman–Crippen MR) is 96.6 cm³/mol. The fourth-order valence-electron chi connectivity index (χ4n) is 5.39. The first kappa shape index (κ1) is 17.2. The van der Waals surface area contributed by atoms with Gasteiger partial charge < -0.3 is 15.2 Å². The highest BCUT2D eigenvalue weighted by molar-refractivity contribution is 6.30. The molecule has 0 spiro atoms. The average Bonchev–Trinajstić information content (AvgIpc) is 2.51. The summed E-state index contributed by atoms with van der Waals surface area (Å²) in [5.41, 5.74) is -1.44. The molecular weight excluding hydrogens is 338 g/mol. The van der Waals surface area contributed by atoms with Crippen LogP contribution in [-0.2, 0) is 4.79 Å². The van der Waals surface area contributed by atoms with E-state index < -0.39 is 11.2 Å². The maximum absolute atomic E-state index is 12.9. The summed E-state index contributed by atoms with van der Waals surface area (Å²) in [5, 5.41) is 14.6. The number of hydrogen-bond acceptors (Lipinski definition) is 3. The third-order valence-electron chi connectivity index (χ3n) is 6.27. The zero-order chi connectivity index (χ0) is 17.8. The largest absolute Gasteiger partial charge is 0.478 e. The van der Waals surface area contributed by atoms with Crippen molar-refractivity contribution in [2.24, 2.45) is 17.8 Å². The van der Waals surface area contributed by atoms with Gasteiger partial charge in [-0.2, -0.15) is 0 Å². The Hall–Kier alpha value is -1.26. The van der Waals surface area contributed by atoms with Gasteiger partial charge in [-0.05, 0) is 88.0 Å². The molecule has 4 aliphatic carbocycles. The highest BCUT2D eigenvalue weighted by Gasteiger charge is 2.55. The number of halogens is 1. The molecule has 0 aliphatic heterocycles. The second-order valence-electron chi connectivity index (χ2n) is 8.76. The zero-order valence-electron chi connectivity index (χ0n) is 14.8. The van der Waals surface area contributed by atoms with E-state index in [-0.39, 0.29) is 11.9 Å². The summed E-state index contributed by atoms with van der Waals surface area (Å²) in [7, 11) is 0. The van der Waals surface area contributed by atoms with E-state index in [1.165, 1.54) is 0 Å². The molecule has 1 aromatic carbocycles. The van der Waals surface area contributed by atoms with Crippen LogP contribution in [0, 0.1) is 17.8 Å². The highest BCUT2D eigenvalue weighted by Crippen LogP contribution is 2.55. The third-order valence-corrected chi connectivity index (χ3v) is 6.52. The third kappa shape index (κ3) is 3.26. The Labute approximate surface area is 153 Å². The lowest BCUT2D eigenvalue weighted by Crippen LogP contribution is -2.63. The maximum atomic E-state index is 12.9. The minimum atomic E-state index is -0.959. The Balaban J connectivity index is 1.43. The highest BCUT2D eigenvalue weighted by atomic mass is 35.5. The minimum absolute atomic E-state index is 0.0908. The Morgan fingerprint density at radius 1 is 1.20 bits per heavy atom. The van der Waals surface area contributed by atoms with Crippen LogP contribution in [0.5, 0.6) is 5.75 Å². The van der Waals surface area contributed by atoms with Crippen LogP contribution >= 0.6 is 11.6 Å². The van der Waals surface area contributed by atoms with Crippen LogP contribution in [0.4, 0.5) is 0 Å². The minimum Gasteiger partial charge on any atom is -0.478 e. The predicted octanol–water partition coefficient (Wildman–Crippen LogP) is 3.55. The Kier molecular flexibility index (Phi) is 4.04. The molecule has 0 saturated heterocycles. The smallest absolute Gasteiger partial charge is 0.263 e. The molecule has 1 unspecified atom stereocenters. The molecule has 136 valence electrons. The number of nitrogens with one attached hydrogen (secondary N) is 1. The molecule has 0 heterocycles. The van der Waals surface area contributed by atoms with Crippen molar-refractivity contribution in [2.45, 2.75) is 63.2 Å². The van der Waals surface area contributed by atoms with Gasteiger partial charge in [-0.15, -0.1) is 0 Å². The molecule has 4 bridgehead atoms. The van der Waals surface area contributed by atoms with Crippen LogP contribution in [0.15, 0.2) is 24.3 Å². The van der Waals surface area contributed by atoms with Gasteiger partial charge in [0.25, 0.3) is 5.91 Å². The summed E-state index contributed by atoms with van der Waals surface area (Å²) >= 11 is 5.90. The SMILES string of the molecule is CC(C)(Oc1ccc(Cl)cc1)C(=O)N[C@H]1[C@@H]2CC3C[C@H]1C[C@](O)(C3)C2. The monoisotopic (exact) mass is 363 g/mol. The van der Waals surface area contributed by atoms with Crippen molar-refractivity contribution < 1.29 is 14.6 Å². The number of ether oxygens (including phenoxy) is 1. The molecule has 4 aliphatic rings. The fourth-order valence-corrected chi connectivity index (χ4v) is 5.51. The van der Waals surface area contributed by atoms with Gasteiger partial charge in [-0.1, -0.05) is 11.6 Å². The van der Waals surface area contributed by atoms with E-state index in [1.807, 2.05) is 0 Å². The first-order chi connectivity index (χ1) is 11.7. The molecule has 4 nitrogen and oxygen atoms in total. The van der Waals surface area contributed by atoms with E-state index in [4.69, 9.17) is 16.3 Å². The van der Waals surface area contributed by atoms with Gasteiger partial charge in [0.05, 0.1) is 5.60 Å². The molecule has 4 fully saturated rings. The number of amides is 1. The van der Waals surface area contributed by atoms with E-state index in [0.717, 1.165) is 32.1 Å². The lowest BCUT2D eigenvalue weighted by atomic mass is 9.52. The molecule has 0 aromatic heterocycles. The molecule has 2 N–H and O–H groups in total. The fraction of sp³-hybridized carbons (Fsp3) is 0.650. The van der Waals surface area contributed by atoms with Crippen LogP contribution < -0.4 is 10.1 Å². The molecule has 4 saturated carbocycles. The van der Waals surface area contributed by atoms with Gasteiger partial charge in [0, 0.05) is 11.1 Å². The van der Waals surface area contributed by atoms with Gasteiger partial charge in [-0.25, -0.2) is 0 Å². The molecule has 1 aromatic rings. The average molecular weight is 364 g/mol. The van der Waals surface area contributed by atoms with Gasteiger partial charge >= 0.3 is 0 Å². The van der Waals surface area contributed by atoms with Gasteiger partial charge in [0.2, 0.25) is 0 Å². The summed E-state index contributed by atoms with van der Waals surface area (Å²) < 4.78 is 5.91. The molecule has 5 heteroatoms. The van der Waals surface area contributed by atoms with Crippen molar-refractivity contribution in [2.75, 3.05) is 0 Å². The van der Waals surface area contributed by atoms with Crippen LogP contribution in [0.3, 0.4) is 0 Å². The first-order valence-electron chi connectivity index (χ1n) is 9.22. The summed E-state index contributed by atoms with van der Waals surface area (Å²) in [4.78, 5) is 12.9. The molecule has 5 atom stereocenters. The number of rotatable bonds is 4. The van der Waals surface area contributed by atoms with Crippen molar-refractivity contribution >= 4 is 17.5 Å². The zero-order valence-corrected chi connectivity index (χ0v) is 15.6. The van der Waals surface area contributed by atoms with E-state index in [9.17, 15) is 9.90 Å². The number of carbonyl (C=O) groups is 1. The standard InChI is InChI=1S/C20H26ClNO3/c1-19(2,25-16-5-3-15(21)4-6-16)18(23)22-17-13-7-12-8-14(17)11-20(24,9-12)10-13/h3-6,12-14,17,24H,7-11H2,1-2H3,(H,22,23)/t12?,13-,14+,17+,20+. The van der Waals surface area contributed by atoms with Crippen LogP contribution in [-0.4, -0.2) is 28.3 Å². The van der Waals surface area contributed by atoms with Gasteiger partial charge in [-0.3, -0.25) is 4.79 Å². The van der Waals surface area contributed by atoms with Crippen LogP contribution in [0.1, 0.15) is 46.0 Å². The van der Waals surface area contributed by atoms with Crippen molar-refractivity contribution in [1.29, 1.82) is 0 Å². The van der Waals surface area contributed by atoms with Crippen LogP contribution in [0.25, 0.3) is 0 Å². The summed E-state index contributed by atoms with van der Waals surface area (Å²) in [6.45, 7) is 3.58. The number of hydrogen-bond donors (Lipinski definition) is 2. The number of carbonyl (C=O) groups excluding carboxylic acids is 1. The topological polar surface area (TPSA) is 58.6 Å². The second kappa shape index (κ2) is 5.88. The maximum Gasteiger partial charge on any atom is 0.263 e. The molecule has 1 amide bonds. The molecule has 0 radical (unpaired) electrons. The Bertz CT molecular complexity index is 656. The number of aliphatic hydroxyl groups is 1. The van der Waals surface area contributed by atoms with E-state index in [2.05, 4.69) is 5.32 Å². The number of benzene rings is 1. The summed E-state index contributed by atoms with van der Waals surface area (Å²) in [6, 6.07) is 7.22. The lowest BCUT2D eigenvalue weighted by Gasteiger charge is -2.58. The van der Waals surface area contributed by atoms with Crippen molar-refractivity contribution in [1.82, 2.24) is 5.32 Å². The van der Waals surface area contributed by atoms with E-state index in [0.29, 0.717) is 28.5 Å². The second-order valence-corrected chi connectivity index (χ2v) is 9.20. The van der Waals surface area contributed by atoms with Gasteiger partial charge in [0.15, 0.2) is 5.60 Å². The van der Waals surface area contributed by atoms with E-state index >= 15 is 0 Å². The van der Waals surface area contributed by atoms with Crippen LogP contribution in [0.2, 0.25) is 5.02 Å². The summed E-state index contributed by atoms with van der Waals surface area (Å²) in [6.07, 6.45) is 4.85. The van der Waals surface area contributed by atoms with Gasteiger partial charge in [0.1, 0.15) is 5.75 Å². The Morgan fingerprint density at radius 3 is 2.36 bits per heavy atom. The van der Waals surface area contributed by atoms with Crippen molar-refractivity contribution in [3.05, 3.63) is 29.3 Å².